The van der Waals surface area contributed by atoms with Crippen LogP contribution >= 0.6 is 0 Å². The van der Waals surface area contributed by atoms with Gasteiger partial charge in [0.15, 0.2) is 0 Å². The highest BCUT2D eigenvalue weighted by atomic mass is 32.2. The molecule has 0 spiro atoms. The van der Waals surface area contributed by atoms with Gasteiger partial charge in [-0.15, -0.1) is 13.2 Å². The summed E-state index contributed by atoms with van der Waals surface area (Å²) in [6.07, 6.45) is -5.83. The molecular weight excluding hydrogens is 369 g/mol. The van der Waals surface area contributed by atoms with Crippen LogP contribution in [0.1, 0.15) is 0 Å². The lowest BCUT2D eigenvalue weighted by molar-refractivity contribution is -0.382. The molecule has 0 aliphatic carbocycles. The van der Waals surface area contributed by atoms with Crippen molar-refractivity contribution in [1.82, 2.24) is 4.31 Å². The first-order chi connectivity index (χ1) is 10.0. The van der Waals surface area contributed by atoms with Crippen LogP contribution in [-0.2, 0) is 10.0 Å². The van der Waals surface area contributed by atoms with Crippen LogP contribution in [0.2, 0.25) is 0 Å². The molecule has 0 aromatic carbocycles. The van der Waals surface area contributed by atoms with E-state index in [0.29, 0.717) is 12.2 Å². The fourth-order valence-corrected chi connectivity index (χ4v) is 2.62. The van der Waals surface area contributed by atoms with Crippen molar-refractivity contribution >= 4 is 10.0 Å². The molecule has 0 aromatic rings. The summed E-state index contributed by atoms with van der Waals surface area (Å²) in [5, 5.41) is -6.74. The maximum atomic E-state index is 13.5. The molecule has 0 fully saturated rings. The Kier molecular flexibility index (Phi) is 6.00. The first-order valence-corrected chi connectivity index (χ1v) is 6.88. The minimum atomic E-state index is -7.29. The Morgan fingerprint density at radius 2 is 1.13 bits per heavy atom. The summed E-state index contributed by atoms with van der Waals surface area (Å²) < 4.78 is 137. The van der Waals surface area contributed by atoms with Gasteiger partial charge in [-0.3, -0.25) is 0 Å². The normalized spacial score (nSPS) is 14.9. The summed E-state index contributed by atoms with van der Waals surface area (Å²) in [6, 6.07) is 0. The zero-order valence-electron chi connectivity index (χ0n) is 11.1. The fourth-order valence-electron chi connectivity index (χ4n) is 1.24. The lowest BCUT2D eigenvalue weighted by Crippen LogP contribution is -2.65. The van der Waals surface area contributed by atoms with Crippen LogP contribution in [0.4, 0.5) is 39.5 Å². The van der Waals surface area contributed by atoms with E-state index in [-0.39, 0.29) is 0 Å². The smallest absolute Gasteiger partial charge is 0.206 e. The van der Waals surface area contributed by atoms with E-state index in [4.69, 9.17) is 0 Å². The van der Waals surface area contributed by atoms with E-state index >= 15 is 0 Å². The van der Waals surface area contributed by atoms with Crippen LogP contribution in [0.5, 0.6) is 0 Å². The second-order valence-corrected chi connectivity index (χ2v) is 6.04. The molecule has 0 saturated heterocycles. The van der Waals surface area contributed by atoms with E-state index in [9.17, 15) is 47.9 Å². The lowest BCUT2D eigenvalue weighted by Gasteiger charge is -2.35. The van der Waals surface area contributed by atoms with Crippen molar-refractivity contribution in [2.24, 2.45) is 0 Å². The Hall–Kier alpha value is -1.24. The number of hydrogen-bond acceptors (Lipinski definition) is 2. The van der Waals surface area contributed by atoms with E-state index < -0.39 is 50.7 Å². The molecular formula is C10H10F9NO2S. The summed E-state index contributed by atoms with van der Waals surface area (Å²) in [5.41, 5.74) is 0. The van der Waals surface area contributed by atoms with Gasteiger partial charge in [-0.05, 0) is 0 Å². The zero-order chi connectivity index (χ0) is 18.9. The Balaban J connectivity index is 6.22. The average molecular weight is 379 g/mol. The Bertz CT molecular complexity index is 543. The van der Waals surface area contributed by atoms with Crippen molar-refractivity contribution in [1.29, 1.82) is 0 Å². The molecule has 0 amide bonds. The molecule has 23 heavy (non-hydrogen) atoms. The standard InChI is InChI=1S/C10H10F9NO2S/c1-3-5-20(6-4-2)23(21,22)10(18,19)8(13,14)7(11,12)9(15,16)17/h3-4H,1-2,5-6H2. The maximum Gasteiger partial charge on any atom is 0.460 e. The zero-order valence-corrected chi connectivity index (χ0v) is 11.9. The first kappa shape index (κ1) is 21.8. The van der Waals surface area contributed by atoms with Gasteiger partial charge in [0.2, 0.25) is 0 Å². The molecule has 0 N–H and O–H groups in total. The van der Waals surface area contributed by atoms with Crippen molar-refractivity contribution in [2.75, 3.05) is 13.1 Å². The van der Waals surface area contributed by atoms with E-state index in [0.717, 1.165) is 0 Å². The number of nitrogens with zero attached hydrogens (tertiary/aromatic N) is 1. The van der Waals surface area contributed by atoms with Gasteiger partial charge in [0, 0.05) is 13.1 Å². The quantitative estimate of drug-likeness (QED) is 0.479. The number of rotatable bonds is 8. The largest absolute Gasteiger partial charge is 0.460 e. The van der Waals surface area contributed by atoms with Gasteiger partial charge in [0.05, 0.1) is 0 Å². The molecule has 0 heterocycles. The number of alkyl halides is 9. The summed E-state index contributed by atoms with van der Waals surface area (Å²) in [5.74, 6) is -14.5. The van der Waals surface area contributed by atoms with Crippen molar-refractivity contribution < 1.29 is 47.9 Å². The Labute approximate surface area is 125 Å². The first-order valence-electron chi connectivity index (χ1n) is 5.44. The summed E-state index contributed by atoms with van der Waals surface area (Å²) in [4.78, 5) is 0. The second-order valence-electron chi connectivity index (χ2n) is 4.06. The lowest BCUT2D eigenvalue weighted by atomic mass is 10.1. The molecule has 0 radical (unpaired) electrons. The average Bonchev–Trinajstić information content (AvgIpc) is 2.36. The topological polar surface area (TPSA) is 37.4 Å². The third-order valence-corrected chi connectivity index (χ3v) is 4.33. The predicted molar refractivity (Wildman–Crippen MR) is 61.8 cm³/mol. The van der Waals surface area contributed by atoms with Crippen LogP contribution in [0.3, 0.4) is 0 Å². The van der Waals surface area contributed by atoms with Crippen LogP contribution in [-0.4, -0.2) is 49.1 Å². The van der Waals surface area contributed by atoms with Crippen LogP contribution in [0.25, 0.3) is 0 Å². The fraction of sp³-hybridized carbons (Fsp3) is 0.600. The Morgan fingerprint density at radius 3 is 1.39 bits per heavy atom. The SMILES string of the molecule is C=CCN(CC=C)S(=O)(=O)C(F)(F)C(F)(F)C(F)(F)C(F)(F)F. The minimum absolute atomic E-state index is 0.465. The molecule has 0 atom stereocenters. The minimum Gasteiger partial charge on any atom is -0.206 e. The van der Waals surface area contributed by atoms with Crippen LogP contribution < -0.4 is 0 Å². The van der Waals surface area contributed by atoms with Crippen molar-refractivity contribution in [2.45, 2.75) is 23.3 Å². The predicted octanol–water partition coefficient (Wildman–Crippen LogP) is 3.42. The van der Waals surface area contributed by atoms with Crippen molar-refractivity contribution in [3.8, 4) is 0 Å². The molecule has 13 heteroatoms. The third-order valence-electron chi connectivity index (χ3n) is 2.45. The van der Waals surface area contributed by atoms with E-state index in [1.165, 1.54) is 0 Å². The molecule has 0 aliphatic heterocycles. The van der Waals surface area contributed by atoms with Crippen LogP contribution in [0.15, 0.2) is 25.3 Å². The third kappa shape index (κ3) is 3.34. The highest BCUT2D eigenvalue weighted by molar-refractivity contribution is 7.90. The summed E-state index contributed by atoms with van der Waals surface area (Å²) in [6.45, 7) is 3.77. The highest BCUT2D eigenvalue weighted by Crippen LogP contribution is 2.55. The number of sulfonamides is 1. The van der Waals surface area contributed by atoms with E-state index in [1.54, 1.807) is 0 Å². The summed E-state index contributed by atoms with van der Waals surface area (Å²) >= 11 is 0. The molecule has 136 valence electrons. The van der Waals surface area contributed by atoms with Gasteiger partial charge in [0.1, 0.15) is 0 Å². The maximum absolute atomic E-state index is 13.5. The van der Waals surface area contributed by atoms with Gasteiger partial charge < -0.3 is 0 Å². The monoisotopic (exact) mass is 379 g/mol. The molecule has 0 aromatic heterocycles. The molecule has 0 saturated carbocycles. The van der Waals surface area contributed by atoms with Crippen molar-refractivity contribution in [3.63, 3.8) is 0 Å². The molecule has 0 rings (SSSR count). The molecule has 0 unspecified atom stereocenters. The van der Waals surface area contributed by atoms with E-state index in [1.807, 2.05) is 0 Å². The Morgan fingerprint density at radius 1 is 0.783 bits per heavy atom. The number of hydrogen-bond donors (Lipinski definition) is 0. The molecule has 3 nitrogen and oxygen atoms in total. The second kappa shape index (κ2) is 6.34. The van der Waals surface area contributed by atoms with Gasteiger partial charge in [-0.25, -0.2) is 8.42 Å². The van der Waals surface area contributed by atoms with Gasteiger partial charge >= 0.3 is 23.3 Å². The van der Waals surface area contributed by atoms with Gasteiger partial charge in [-0.2, -0.15) is 43.8 Å². The van der Waals surface area contributed by atoms with Gasteiger partial charge in [-0.1, -0.05) is 12.2 Å². The summed E-state index contributed by atoms with van der Waals surface area (Å²) in [7, 11) is -6.60. The van der Waals surface area contributed by atoms with E-state index in [2.05, 4.69) is 13.2 Å². The molecule has 0 bridgehead atoms. The van der Waals surface area contributed by atoms with Gasteiger partial charge in [0.25, 0.3) is 10.0 Å². The number of halogens is 9. The van der Waals surface area contributed by atoms with Crippen LogP contribution in [0, 0.1) is 0 Å². The molecule has 0 aliphatic rings. The highest BCUT2D eigenvalue weighted by Gasteiger charge is 2.85. The van der Waals surface area contributed by atoms with Crippen molar-refractivity contribution in [3.05, 3.63) is 25.3 Å².